The molecule has 0 spiro atoms. The summed E-state index contributed by atoms with van der Waals surface area (Å²) >= 11 is 0. The first-order chi connectivity index (χ1) is 10.7. The Morgan fingerprint density at radius 1 is 0.739 bits per heavy atom. The first-order valence-corrected chi connectivity index (χ1v) is 11.1. The summed E-state index contributed by atoms with van der Waals surface area (Å²) in [5, 5.41) is 16.6. The molecule has 0 heterocycles. The summed E-state index contributed by atoms with van der Waals surface area (Å²) in [5.41, 5.74) is 3.42. The Morgan fingerprint density at radius 3 is 1.22 bits per heavy atom. The van der Waals surface area contributed by atoms with E-state index in [1.54, 1.807) is 24.3 Å². The van der Waals surface area contributed by atoms with Gasteiger partial charge in [0.05, 0.1) is 0 Å². The van der Waals surface area contributed by atoms with Gasteiger partial charge in [0.25, 0.3) is 0 Å². The molecule has 0 amide bonds. The second-order valence-electron chi connectivity index (χ2n) is 4.14. The maximum absolute atomic E-state index is 8.29. The van der Waals surface area contributed by atoms with Crippen LogP contribution in [0.3, 0.4) is 0 Å². The minimum absolute atomic E-state index is 0.606. The van der Waals surface area contributed by atoms with Crippen molar-refractivity contribution in [3.05, 3.63) is 69.6 Å². The molecule has 0 unspecified atom stereocenters. The predicted molar refractivity (Wildman–Crippen MR) is 95.3 cm³/mol. The van der Waals surface area contributed by atoms with Gasteiger partial charge in [-0.3, -0.25) is 0 Å². The molecule has 0 aromatic heterocycles. The summed E-state index contributed by atoms with van der Waals surface area (Å²) in [7, 11) is 17.4. The van der Waals surface area contributed by atoms with Gasteiger partial charge >= 0.3 is 61.0 Å². The second-order valence-corrected chi connectivity index (χ2v) is 13.5. The number of benzene rings is 2. The molecule has 23 heavy (non-hydrogen) atoms. The summed E-state index contributed by atoms with van der Waals surface area (Å²) in [4.78, 5) is 6.06. The van der Waals surface area contributed by atoms with Crippen LogP contribution in [0.4, 0.5) is 11.4 Å². The van der Waals surface area contributed by atoms with E-state index in [0.717, 1.165) is 11.1 Å². The molecule has 0 saturated heterocycles. The molecule has 2 rings (SSSR count). The average Bonchev–Trinajstić information content (AvgIpc) is 2.46. The predicted octanol–water partition coefficient (Wildman–Crippen LogP) is 7.71. The number of rotatable bonds is 0. The van der Waals surface area contributed by atoms with Crippen LogP contribution in [0.1, 0.15) is 11.1 Å². The van der Waals surface area contributed by atoms with E-state index in [1.165, 1.54) is 0 Å². The Balaban J connectivity index is 0.000000332. The first kappa shape index (κ1) is 22.0. The molecular weight excluding hydrogens is 430 g/mol. The van der Waals surface area contributed by atoms with Crippen LogP contribution in [0.15, 0.2) is 48.5 Å². The fraction of sp³-hybridized carbons (Fsp3) is 0.143. The minimum atomic E-state index is -2.24. The van der Waals surface area contributed by atoms with Crippen LogP contribution in [0.5, 0.6) is 0 Å². The van der Waals surface area contributed by atoms with E-state index >= 15 is 0 Å². The number of hydrogen-bond donors (Lipinski definition) is 0. The fourth-order valence-corrected chi connectivity index (χ4v) is 1.38. The van der Waals surface area contributed by atoms with Crippen LogP contribution in [0.2, 0.25) is 0 Å². The van der Waals surface area contributed by atoms with Gasteiger partial charge in [0.1, 0.15) is 0 Å². The normalized spacial score (nSPS) is 9.91. The molecule has 0 bridgehead atoms. The van der Waals surface area contributed by atoms with Crippen molar-refractivity contribution in [3.63, 3.8) is 0 Å². The number of diazo groups is 2. The van der Waals surface area contributed by atoms with Crippen molar-refractivity contribution < 1.29 is 9.20 Å². The van der Waals surface area contributed by atoms with Crippen molar-refractivity contribution in [1.29, 1.82) is 10.8 Å². The van der Waals surface area contributed by atoms with Crippen LogP contribution in [-0.4, -0.2) is 0 Å². The van der Waals surface area contributed by atoms with E-state index in [-0.39, 0.29) is 0 Å². The van der Waals surface area contributed by atoms with E-state index < -0.39 is 9.20 Å². The van der Waals surface area contributed by atoms with Crippen molar-refractivity contribution >= 4 is 51.8 Å². The van der Waals surface area contributed by atoms with Gasteiger partial charge in [-0.05, 0) is 25.0 Å². The van der Waals surface area contributed by atoms with E-state index in [4.69, 9.17) is 51.2 Å². The van der Waals surface area contributed by atoms with Gasteiger partial charge in [-0.1, -0.05) is 24.3 Å². The molecule has 0 atom stereocenters. The number of hydrogen-bond acceptors (Lipinski definition) is 2. The zero-order valence-electron chi connectivity index (χ0n) is 12.2. The summed E-state index contributed by atoms with van der Waals surface area (Å²) in [6.07, 6.45) is 0. The Bertz CT molecular complexity index is 643. The number of aryl methyl sites for hydroxylation is 2. The van der Waals surface area contributed by atoms with Gasteiger partial charge in [-0.15, -0.1) is 0 Å². The Labute approximate surface area is 154 Å². The van der Waals surface area contributed by atoms with E-state index in [0.29, 0.717) is 11.4 Å². The Hall–Kier alpha value is -1.04. The monoisotopic (exact) mass is 441 g/mol. The number of nitrogens with zero attached hydrogens (tertiary/aromatic N) is 4. The van der Waals surface area contributed by atoms with Gasteiger partial charge < -0.3 is 0 Å². The molecule has 0 aliphatic heterocycles. The topological polar surface area (TPSA) is 56.3 Å². The molecule has 129 valence electrons. The third-order valence-corrected chi connectivity index (χ3v) is 2.23. The maximum atomic E-state index is 8.29. The summed E-state index contributed by atoms with van der Waals surface area (Å²) in [5.74, 6) is 0. The molecule has 2 aromatic rings. The fourth-order valence-electron chi connectivity index (χ4n) is 1.38. The van der Waals surface area contributed by atoms with Crippen LogP contribution in [0, 0.1) is 24.6 Å². The van der Waals surface area contributed by atoms with Crippen LogP contribution in [0.25, 0.3) is 9.95 Å². The van der Waals surface area contributed by atoms with Gasteiger partial charge in [0, 0.05) is 24.3 Å². The van der Waals surface area contributed by atoms with Gasteiger partial charge in [0.15, 0.2) is 9.95 Å². The van der Waals surface area contributed by atoms with Crippen molar-refractivity contribution in [2.45, 2.75) is 13.8 Å². The van der Waals surface area contributed by atoms with Crippen LogP contribution >= 0.6 is 40.4 Å². The molecule has 2 aromatic carbocycles. The molecule has 9 heteroatoms. The average molecular weight is 444 g/mol. The summed E-state index contributed by atoms with van der Waals surface area (Å²) in [6.45, 7) is 3.91. The molecule has 0 N–H and O–H groups in total. The molecule has 0 aliphatic rings. The van der Waals surface area contributed by atoms with Crippen LogP contribution < -0.4 is 0 Å². The Morgan fingerprint density at radius 2 is 1.04 bits per heavy atom. The van der Waals surface area contributed by atoms with Gasteiger partial charge in [0.2, 0.25) is 10.8 Å². The van der Waals surface area contributed by atoms with Crippen molar-refractivity contribution in [2.75, 3.05) is 0 Å². The third-order valence-electron chi connectivity index (χ3n) is 2.23. The van der Waals surface area contributed by atoms with Crippen LogP contribution in [-0.2, 0) is 9.20 Å². The van der Waals surface area contributed by atoms with Crippen molar-refractivity contribution in [1.82, 2.24) is 0 Å². The standard InChI is InChI=1S/2C7H7N2.4ClH.Cu/c2*1-6-3-2-4-7(5-6)9-8;;;;;/h2*2-5H,1H3;4*1H;/q2*+1;;;;;+2/p-4. The zero-order chi connectivity index (χ0) is 17.9. The molecule has 0 radical (unpaired) electrons. The van der Waals surface area contributed by atoms with Gasteiger partial charge in [-0.2, -0.15) is 0 Å². The molecular formula is C14H14Cl4CuN4. The van der Waals surface area contributed by atoms with Gasteiger partial charge in [-0.25, -0.2) is 0 Å². The first-order valence-electron chi connectivity index (χ1n) is 5.95. The molecule has 4 nitrogen and oxygen atoms in total. The van der Waals surface area contributed by atoms with Crippen molar-refractivity contribution in [3.8, 4) is 0 Å². The molecule has 0 saturated carbocycles. The Kier molecular flexibility index (Phi) is 11.0. The van der Waals surface area contributed by atoms with E-state index in [9.17, 15) is 0 Å². The van der Waals surface area contributed by atoms with Crippen molar-refractivity contribution in [2.24, 2.45) is 0 Å². The van der Waals surface area contributed by atoms with E-state index in [2.05, 4.69) is 9.95 Å². The SMILES string of the molecule is Cc1cccc([N+]#N)c1.Cc1cccc([N+]#N)c1.[Cl][Cu-2]([Cl])([Cl])[Cl]. The quantitative estimate of drug-likeness (QED) is 0.309. The number of halogens is 4. The summed E-state index contributed by atoms with van der Waals surface area (Å²) < 4.78 is 0. The zero-order valence-corrected chi connectivity index (χ0v) is 16.2. The molecule has 0 fully saturated rings. The third kappa shape index (κ3) is 14.3. The van der Waals surface area contributed by atoms with E-state index in [1.807, 2.05) is 38.1 Å². The molecule has 0 aliphatic carbocycles. The second kappa shape index (κ2) is 11.5. The summed E-state index contributed by atoms with van der Waals surface area (Å²) in [6, 6.07) is 14.7.